The third-order valence-electron chi connectivity index (χ3n) is 7.01. The van der Waals surface area contributed by atoms with Crippen molar-refractivity contribution in [1.29, 1.82) is 0 Å². The van der Waals surface area contributed by atoms with E-state index < -0.39 is 5.97 Å². The predicted octanol–water partition coefficient (Wildman–Crippen LogP) is 3.83. The molecule has 1 unspecified atom stereocenters. The molecule has 1 aromatic heterocycles. The van der Waals surface area contributed by atoms with Gasteiger partial charge in [-0.05, 0) is 63.0 Å². The fourth-order valence-corrected chi connectivity index (χ4v) is 5.34. The van der Waals surface area contributed by atoms with E-state index in [1.165, 1.54) is 25.7 Å². The minimum absolute atomic E-state index is 0.00563. The molecule has 3 fully saturated rings. The Bertz CT molecular complexity index is 772. The summed E-state index contributed by atoms with van der Waals surface area (Å²) in [6, 6.07) is 4.16. The topological polar surface area (TPSA) is 85.8 Å². The Kier molecular flexibility index (Phi) is 7.30. The smallest absolute Gasteiger partial charge is 0.303 e. The summed E-state index contributed by atoms with van der Waals surface area (Å²) in [4.78, 5) is 33.8. The minimum atomic E-state index is -0.733. The highest BCUT2D eigenvalue weighted by molar-refractivity contribution is 5.99. The lowest BCUT2D eigenvalue weighted by atomic mass is 9.94. The van der Waals surface area contributed by atoms with Crippen molar-refractivity contribution >= 4 is 23.5 Å². The highest BCUT2D eigenvalue weighted by atomic mass is 16.4. The number of nitrogens with zero attached hydrogens (tertiary/aromatic N) is 3. The van der Waals surface area contributed by atoms with Crippen LogP contribution in [-0.4, -0.2) is 54.2 Å². The average Bonchev–Trinajstić information content (AvgIpc) is 2.80. The number of carboxylic acid groups (broad SMARTS) is 1. The second-order valence-electron chi connectivity index (χ2n) is 9.45. The number of piperidine rings is 2. The molecule has 0 aromatic carbocycles. The molecule has 2 N–H and O–H groups in total. The van der Waals surface area contributed by atoms with Crippen LogP contribution in [0.15, 0.2) is 12.1 Å². The lowest BCUT2D eigenvalue weighted by Gasteiger charge is -2.35. The molecular formula is C24H36N4O3. The van der Waals surface area contributed by atoms with Gasteiger partial charge in [-0.1, -0.05) is 19.3 Å². The summed E-state index contributed by atoms with van der Waals surface area (Å²) in [5.41, 5.74) is 0.676. The highest BCUT2D eigenvalue weighted by Crippen LogP contribution is 2.29. The van der Waals surface area contributed by atoms with E-state index in [1.54, 1.807) is 0 Å². The molecule has 0 radical (unpaired) electrons. The van der Waals surface area contributed by atoms with Gasteiger partial charge in [0.25, 0.3) is 5.91 Å². The van der Waals surface area contributed by atoms with Gasteiger partial charge in [0.05, 0.1) is 5.56 Å². The molecule has 1 amide bonds. The van der Waals surface area contributed by atoms with Crippen molar-refractivity contribution in [2.75, 3.05) is 36.0 Å². The van der Waals surface area contributed by atoms with E-state index >= 15 is 0 Å². The molecule has 4 rings (SSSR count). The maximum atomic E-state index is 13.2. The molecule has 170 valence electrons. The molecule has 7 nitrogen and oxygen atoms in total. The van der Waals surface area contributed by atoms with Crippen LogP contribution in [0.25, 0.3) is 0 Å². The van der Waals surface area contributed by atoms with Gasteiger partial charge in [0.1, 0.15) is 11.6 Å². The number of aliphatic carboxylic acids is 1. The Hall–Kier alpha value is -2.31. The maximum absolute atomic E-state index is 13.2. The van der Waals surface area contributed by atoms with E-state index in [4.69, 9.17) is 4.98 Å². The molecule has 0 spiro atoms. The Labute approximate surface area is 185 Å². The van der Waals surface area contributed by atoms with Crippen molar-refractivity contribution in [3.63, 3.8) is 0 Å². The summed E-state index contributed by atoms with van der Waals surface area (Å²) < 4.78 is 0. The predicted molar refractivity (Wildman–Crippen MR) is 122 cm³/mol. The zero-order valence-corrected chi connectivity index (χ0v) is 18.5. The molecule has 3 aliphatic rings. The summed E-state index contributed by atoms with van der Waals surface area (Å²) in [7, 11) is 0. The van der Waals surface area contributed by atoms with E-state index in [2.05, 4.69) is 15.1 Å². The van der Waals surface area contributed by atoms with Crippen molar-refractivity contribution in [1.82, 2.24) is 10.3 Å². The Morgan fingerprint density at radius 1 is 0.935 bits per heavy atom. The number of pyridine rings is 1. The van der Waals surface area contributed by atoms with Gasteiger partial charge in [0.15, 0.2) is 0 Å². The number of amides is 1. The van der Waals surface area contributed by atoms with Crippen LogP contribution in [0.4, 0.5) is 11.6 Å². The molecule has 2 aliphatic heterocycles. The normalized spacial score (nSPS) is 22.9. The quantitative estimate of drug-likeness (QED) is 0.716. The number of hydrogen-bond acceptors (Lipinski definition) is 5. The van der Waals surface area contributed by atoms with Crippen molar-refractivity contribution in [2.45, 2.75) is 76.7 Å². The van der Waals surface area contributed by atoms with Gasteiger partial charge in [-0.25, -0.2) is 4.98 Å². The first kappa shape index (κ1) is 21.9. The number of carboxylic acids is 1. The number of nitrogens with one attached hydrogen (secondary N) is 1. The number of hydrogen-bond donors (Lipinski definition) is 2. The molecule has 31 heavy (non-hydrogen) atoms. The number of carbonyl (C=O) groups is 2. The minimum Gasteiger partial charge on any atom is -0.481 e. The molecule has 2 saturated heterocycles. The molecule has 1 aliphatic carbocycles. The van der Waals surface area contributed by atoms with Crippen LogP contribution in [0.5, 0.6) is 0 Å². The van der Waals surface area contributed by atoms with Crippen LogP contribution >= 0.6 is 0 Å². The van der Waals surface area contributed by atoms with Gasteiger partial charge >= 0.3 is 5.97 Å². The maximum Gasteiger partial charge on any atom is 0.303 e. The van der Waals surface area contributed by atoms with Crippen LogP contribution in [0.3, 0.4) is 0 Å². The van der Waals surface area contributed by atoms with E-state index in [1.807, 2.05) is 12.1 Å². The number of rotatable bonds is 6. The van der Waals surface area contributed by atoms with Crippen molar-refractivity contribution in [3.05, 3.63) is 17.7 Å². The lowest BCUT2D eigenvalue weighted by Crippen LogP contribution is -2.39. The first-order chi connectivity index (χ1) is 15.1. The van der Waals surface area contributed by atoms with Crippen molar-refractivity contribution in [2.24, 2.45) is 5.92 Å². The summed E-state index contributed by atoms with van der Waals surface area (Å²) in [6.07, 6.45) is 11.4. The van der Waals surface area contributed by atoms with Crippen molar-refractivity contribution in [3.8, 4) is 0 Å². The van der Waals surface area contributed by atoms with Gasteiger partial charge in [-0.15, -0.1) is 0 Å². The van der Waals surface area contributed by atoms with Crippen LogP contribution < -0.4 is 15.1 Å². The molecular weight excluding hydrogens is 392 g/mol. The third kappa shape index (κ3) is 5.69. The van der Waals surface area contributed by atoms with E-state index in [0.29, 0.717) is 12.1 Å². The van der Waals surface area contributed by atoms with Gasteiger partial charge < -0.3 is 20.2 Å². The number of anilines is 2. The van der Waals surface area contributed by atoms with Crippen molar-refractivity contribution < 1.29 is 14.7 Å². The number of carbonyl (C=O) groups excluding carboxylic acids is 1. The summed E-state index contributed by atoms with van der Waals surface area (Å²) in [5.74, 6) is 1.08. The van der Waals surface area contributed by atoms with E-state index in [-0.39, 0.29) is 24.3 Å². The molecule has 1 atom stereocenters. The Morgan fingerprint density at radius 2 is 1.65 bits per heavy atom. The largest absolute Gasteiger partial charge is 0.481 e. The summed E-state index contributed by atoms with van der Waals surface area (Å²) in [5, 5.41) is 12.4. The van der Waals surface area contributed by atoms with E-state index in [0.717, 1.165) is 69.8 Å². The SMILES string of the molecule is O=C(O)CC1CCCN(c2ccc(C(=O)NC3CCCCC3)c(N3CCCCC3)n2)C1. The van der Waals surface area contributed by atoms with Gasteiger partial charge in [-0.2, -0.15) is 0 Å². The van der Waals surface area contributed by atoms with Crippen LogP contribution in [0, 0.1) is 5.92 Å². The van der Waals surface area contributed by atoms with Crippen LogP contribution in [0.2, 0.25) is 0 Å². The molecule has 1 aromatic rings. The second-order valence-corrected chi connectivity index (χ2v) is 9.45. The van der Waals surface area contributed by atoms with Gasteiger partial charge in [0.2, 0.25) is 0 Å². The fourth-order valence-electron chi connectivity index (χ4n) is 5.34. The zero-order chi connectivity index (χ0) is 21.6. The Morgan fingerprint density at radius 3 is 2.39 bits per heavy atom. The molecule has 0 bridgehead atoms. The van der Waals surface area contributed by atoms with Gasteiger partial charge in [0, 0.05) is 38.6 Å². The van der Waals surface area contributed by atoms with Gasteiger partial charge in [-0.3, -0.25) is 9.59 Å². The zero-order valence-electron chi connectivity index (χ0n) is 18.5. The molecule has 1 saturated carbocycles. The Balaban J connectivity index is 1.55. The monoisotopic (exact) mass is 428 g/mol. The molecule has 3 heterocycles. The van der Waals surface area contributed by atoms with Crippen LogP contribution in [-0.2, 0) is 4.79 Å². The third-order valence-corrected chi connectivity index (χ3v) is 7.01. The average molecular weight is 429 g/mol. The summed E-state index contributed by atoms with van der Waals surface area (Å²) in [6.45, 7) is 3.46. The fraction of sp³-hybridized carbons (Fsp3) is 0.708. The second kappa shape index (κ2) is 10.3. The highest BCUT2D eigenvalue weighted by Gasteiger charge is 2.27. The lowest BCUT2D eigenvalue weighted by molar-refractivity contribution is -0.138. The first-order valence-electron chi connectivity index (χ1n) is 12.1. The molecule has 7 heteroatoms. The summed E-state index contributed by atoms with van der Waals surface area (Å²) >= 11 is 0. The van der Waals surface area contributed by atoms with Crippen LogP contribution in [0.1, 0.15) is 81.0 Å². The standard InChI is InChI=1S/C24H36N4O3/c29-22(30)16-18-8-7-15-28(17-18)21-12-11-20(23(26-21)27-13-5-2-6-14-27)24(31)25-19-9-3-1-4-10-19/h11-12,18-19H,1-10,13-17H2,(H,25,31)(H,29,30). The van der Waals surface area contributed by atoms with E-state index in [9.17, 15) is 14.7 Å². The first-order valence-corrected chi connectivity index (χ1v) is 12.1. The number of aromatic nitrogens is 1.